The van der Waals surface area contributed by atoms with Crippen LogP contribution in [0.1, 0.15) is 15.9 Å². The van der Waals surface area contributed by atoms with Crippen molar-refractivity contribution >= 4 is 18.2 Å². The molecule has 4 N–H and O–H groups in total. The minimum atomic E-state index is -1.36. The first-order valence-electron chi connectivity index (χ1n) is 5.17. The van der Waals surface area contributed by atoms with Crippen molar-refractivity contribution in [1.82, 2.24) is 10.6 Å². The second-order valence-electron chi connectivity index (χ2n) is 3.54. The van der Waals surface area contributed by atoms with Gasteiger partial charge in [-0.25, -0.2) is 8.78 Å². The maximum absolute atomic E-state index is 13.5. The van der Waals surface area contributed by atoms with Crippen LogP contribution in [0.5, 0.6) is 0 Å². The smallest absolute Gasteiger partial charge is 0.251 e. The first kappa shape index (κ1) is 14.6. The van der Waals surface area contributed by atoms with Crippen molar-refractivity contribution in [1.29, 1.82) is 0 Å². The summed E-state index contributed by atoms with van der Waals surface area (Å²) in [5, 5.41) is 4.38. The molecule has 0 aliphatic heterocycles. The molecule has 19 heavy (non-hydrogen) atoms. The number of rotatable bonds is 6. The Morgan fingerprint density at radius 1 is 1.26 bits per heavy atom. The van der Waals surface area contributed by atoms with Crippen LogP contribution < -0.4 is 16.4 Å². The molecule has 0 atom stereocenters. The lowest BCUT2D eigenvalue weighted by molar-refractivity contribution is -0.122. The first-order chi connectivity index (χ1) is 8.97. The Bertz CT molecular complexity index is 520. The van der Waals surface area contributed by atoms with Crippen LogP contribution in [-0.4, -0.2) is 24.8 Å². The molecule has 0 saturated carbocycles. The zero-order valence-corrected chi connectivity index (χ0v) is 9.70. The Kier molecular flexibility index (Phi) is 4.92. The number of hydrogen-bond donors (Lipinski definition) is 3. The van der Waals surface area contributed by atoms with Gasteiger partial charge in [-0.2, -0.15) is 0 Å². The largest absolute Gasteiger partial charge is 0.366 e. The van der Waals surface area contributed by atoms with Crippen molar-refractivity contribution in [2.24, 2.45) is 5.73 Å². The van der Waals surface area contributed by atoms with E-state index in [1.54, 1.807) is 0 Å². The molecule has 0 aliphatic carbocycles. The lowest BCUT2D eigenvalue weighted by Gasteiger charge is -2.08. The van der Waals surface area contributed by atoms with Gasteiger partial charge in [0, 0.05) is 12.1 Å². The maximum atomic E-state index is 13.5. The lowest BCUT2D eigenvalue weighted by atomic mass is 10.1. The average Bonchev–Trinajstić information content (AvgIpc) is 2.37. The third-order valence-electron chi connectivity index (χ3n) is 2.25. The van der Waals surface area contributed by atoms with Crippen molar-refractivity contribution < 1.29 is 23.2 Å². The molecule has 0 bridgehead atoms. The average molecular weight is 271 g/mol. The van der Waals surface area contributed by atoms with Crippen LogP contribution in [0.15, 0.2) is 12.1 Å². The number of benzene rings is 1. The van der Waals surface area contributed by atoms with Crippen LogP contribution in [-0.2, 0) is 16.1 Å². The first-order valence-corrected chi connectivity index (χ1v) is 5.17. The molecule has 3 amide bonds. The van der Waals surface area contributed by atoms with Crippen LogP contribution in [0.25, 0.3) is 0 Å². The van der Waals surface area contributed by atoms with E-state index in [9.17, 15) is 23.2 Å². The van der Waals surface area contributed by atoms with E-state index in [1.165, 1.54) is 0 Å². The van der Waals surface area contributed by atoms with Crippen LogP contribution in [0.3, 0.4) is 0 Å². The predicted molar refractivity (Wildman–Crippen MR) is 60.8 cm³/mol. The van der Waals surface area contributed by atoms with Gasteiger partial charge in [0.1, 0.15) is 0 Å². The molecule has 1 aromatic rings. The Balaban J connectivity index is 2.75. The number of nitrogens with one attached hydrogen (secondary N) is 2. The molecule has 0 aromatic heterocycles. The second kappa shape index (κ2) is 6.43. The Hall–Kier alpha value is -2.51. The fourth-order valence-corrected chi connectivity index (χ4v) is 1.31. The highest BCUT2D eigenvalue weighted by Crippen LogP contribution is 2.15. The van der Waals surface area contributed by atoms with Gasteiger partial charge in [-0.05, 0) is 6.07 Å². The van der Waals surface area contributed by atoms with Gasteiger partial charge in [-0.15, -0.1) is 0 Å². The molecule has 1 aromatic carbocycles. The summed E-state index contributed by atoms with van der Waals surface area (Å²) >= 11 is 0. The second-order valence-corrected chi connectivity index (χ2v) is 3.54. The van der Waals surface area contributed by atoms with Gasteiger partial charge >= 0.3 is 0 Å². The van der Waals surface area contributed by atoms with E-state index in [0.29, 0.717) is 6.41 Å². The molecule has 0 radical (unpaired) electrons. The van der Waals surface area contributed by atoms with E-state index in [4.69, 9.17) is 5.73 Å². The van der Waals surface area contributed by atoms with E-state index in [-0.39, 0.29) is 18.7 Å². The fourth-order valence-electron chi connectivity index (χ4n) is 1.31. The third-order valence-corrected chi connectivity index (χ3v) is 2.25. The fraction of sp³-hybridized carbons (Fsp3) is 0.182. The van der Waals surface area contributed by atoms with E-state index < -0.39 is 29.0 Å². The maximum Gasteiger partial charge on any atom is 0.251 e. The number of carbonyl (C=O) groups is 3. The molecule has 6 nitrogen and oxygen atoms in total. The number of carbonyl (C=O) groups excluding carboxylic acids is 3. The minimum absolute atomic E-state index is 0.137. The summed E-state index contributed by atoms with van der Waals surface area (Å²) in [6.07, 6.45) is 0.335. The molecule has 102 valence electrons. The van der Waals surface area contributed by atoms with Crippen molar-refractivity contribution in [3.8, 4) is 0 Å². The Morgan fingerprint density at radius 3 is 2.53 bits per heavy atom. The van der Waals surface area contributed by atoms with Gasteiger partial charge in [0.05, 0.1) is 12.1 Å². The summed E-state index contributed by atoms with van der Waals surface area (Å²) in [6, 6.07) is 2.18. The van der Waals surface area contributed by atoms with Crippen LogP contribution in [0, 0.1) is 11.6 Å². The van der Waals surface area contributed by atoms with Crippen LogP contribution in [0.2, 0.25) is 0 Å². The van der Waals surface area contributed by atoms with Crippen molar-refractivity contribution in [2.45, 2.75) is 6.54 Å². The zero-order valence-electron chi connectivity index (χ0n) is 9.70. The van der Waals surface area contributed by atoms with Crippen molar-refractivity contribution in [3.05, 3.63) is 34.9 Å². The third kappa shape index (κ3) is 3.73. The van der Waals surface area contributed by atoms with E-state index in [1.807, 2.05) is 0 Å². The Morgan fingerprint density at radius 2 is 1.95 bits per heavy atom. The monoisotopic (exact) mass is 271 g/mol. The number of nitrogens with two attached hydrogens (primary N) is 1. The molecule has 0 fully saturated rings. The summed E-state index contributed by atoms with van der Waals surface area (Å²) in [5.74, 6) is -4.25. The molecule has 0 aliphatic rings. The quantitative estimate of drug-likeness (QED) is 0.604. The van der Waals surface area contributed by atoms with Crippen molar-refractivity contribution in [2.75, 3.05) is 6.54 Å². The van der Waals surface area contributed by atoms with E-state index in [2.05, 4.69) is 10.6 Å². The van der Waals surface area contributed by atoms with Gasteiger partial charge < -0.3 is 16.4 Å². The molecule has 0 spiro atoms. The summed E-state index contributed by atoms with van der Waals surface area (Å²) < 4.78 is 26.9. The predicted octanol–water partition coefficient (Wildman–Crippen LogP) is -0.574. The molecular formula is C11H11F2N3O3. The number of amides is 3. The van der Waals surface area contributed by atoms with E-state index in [0.717, 1.165) is 12.1 Å². The van der Waals surface area contributed by atoms with Crippen LogP contribution in [0.4, 0.5) is 8.78 Å². The Labute approximate surface area is 107 Å². The van der Waals surface area contributed by atoms with Gasteiger partial charge in [-0.1, -0.05) is 6.07 Å². The summed E-state index contributed by atoms with van der Waals surface area (Å²) in [7, 11) is 0. The molecule has 0 unspecified atom stereocenters. The molecule has 8 heteroatoms. The zero-order chi connectivity index (χ0) is 14.4. The highest BCUT2D eigenvalue weighted by molar-refractivity contribution is 5.93. The van der Waals surface area contributed by atoms with Crippen molar-refractivity contribution in [3.63, 3.8) is 0 Å². The minimum Gasteiger partial charge on any atom is -0.366 e. The topological polar surface area (TPSA) is 101 Å². The summed E-state index contributed by atoms with van der Waals surface area (Å²) in [5.41, 5.74) is 4.16. The normalized spacial score (nSPS) is 9.79. The highest BCUT2D eigenvalue weighted by atomic mass is 19.2. The summed E-state index contributed by atoms with van der Waals surface area (Å²) in [4.78, 5) is 31.8. The van der Waals surface area contributed by atoms with Gasteiger partial charge in [0.15, 0.2) is 11.6 Å². The molecular weight excluding hydrogens is 260 g/mol. The molecule has 1 rings (SSSR count). The number of halogens is 2. The lowest BCUT2D eigenvalue weighted by Crippen LogP contribution is -2.33. The molecule has 0 saturated heterocycles. The molecule has 0 heterocycles. The standard InChI is InChI=1S/C11H11F2N3O3/c12-9-6(3-16-8(18)4-15-5-17)1-2-7(10(9)13)11(14)19/h1-2,5H,3-4H2,(H2,14,19)(H,15,17)(H,16,18). The number of primary amides is 1. The number of hydrogen-bond acceptors (Lipinski definition) is 3. The SMILES string of the molecule is NC(=O)c1ccc(CNC(=O)CNC=O)c(F)c1F. The van der Waals surface area contributed by atoms with Gasteiger partial charge in [0.25, 0.3) is 5.91 Å². The highest BCUT2D eigenvalue weighted by Gasteiger charge is 2.16. The summed E-state index contributed by atoms with van der Waals surface area (Å²) in [6.45, 7) is -0.547. The van der Waals surface area contributed by atoms with Gasteiger partial charge in [0.2, 0.25) is 12.3 Å². The van der Waals surface area contributed by atoms with Crippen LogP contribution >= 0.6 is 0 Å². The van der Waals surface area contributed by atoms with E-state index >= 15 is 0 Å². The van der Waals surface area contributed by atoms with Gasteiger partial charge in [-0.3, -0.25) is 14.4 Å².